The summed E-state index contributed by atoms with van der Waals surface area (Å²) in [5.74, 6) is -0.289. The number of fused-ring (bicyclic) bond motifs is 1. The van der Waals surface area contributed by atoms with Gasteiger partial charge in [0.05, 0.1) is 12.2 Å². The summed E-state index contributed by atoms with van der Waals surface area (Å²) < 4.78 is 0.789. The third kappa shape index (κ3) is 2.20. The van der Waals surface area contributed by atoms with Crippen LogP contribution in [0.1, 0.15) is 16.7 Å². The molecule has 5 heteroatoms. The molecule has 2 aromatic carbocycles. The van der Waals surface area contributed by atoms with E-state index in [1.165, 1.54) is 0 Å². The number of hydrogen-bond acceptors (Lipinski definition) is 1. The molecule has 4 nitrogen and oxygen atoms in total. The second kappa shape index (κ2) is 5.28. The molecule has 0 saturated carbocycles. The lowest BCUT2D eigenvalue weighted by Crippen LogP contribution is -2.29. The van der Waals surface area contributed by atoms with E-state index in [0.29, 0.717) is 12.1 Å². The van der Waals surface area contributed by atoms with Crippen LogP contribution in [0, 0.1) is 6.92 Å². The highest BCUT2D eigenvalue weighted by Gasteiger charge is 2.42. The fourth-order valence-corrected chi connectivity index (χ4v) is 3.00. The van der Waals surface area contributed by atoms with Gasteiger partial charge in [-0.15, -0.1) is 0 Å². The van der Waals surface area contributed by atoms with Crippen molar-refractivity contribution in [2.75, 3.05) is 4.90 Å². The third-order valence-electron chi connectivity index (χ3n) is 3.57. The summed E-state index contributed by atoms with van der Waals surface area (Å²) in [5.41, 5.74) is 12.7. The quantitative estimate of drug-likeness (QED) is 0.610. The normalized spacial score (nSPS) is 13.3. The monoisotopic (exact) mass is 341 g/mol. The van der Waals surface area contributed by atoms with Crippen LogP contribution in [-0.4, -0.2) is 16.4 Å². The average molecular weight is 342 g/mol. The van der Waals surface area contributed by atoms with E-state index in [2.05, 4.69) is 20.7 Å². The molecule has 2 aromatic rings. The minimum absolute atomic E-state index is 0.0801. The van der Waals surface area contributed by atoms with E-state index in [-0.39, 0.29) is 11.6 Å². The van der Waals surface area contributed by atoms with E-state index in [0.717, 1.165) is 21.3 Å². The van der Waals surface area contributed by atoms with Gasteiger partial charge in [0.15, 0.2) is 0 Å². The number of amides is 1. The molecule has 0 saturated heterocycles. The van der Waals surface area contributed by atoms with Crippen molar-refractivity contribution < 1.29 is 9.58 Å². The molecular weight excluding hydrogens is 330 g/mol. The first kappa shape index (κ1) is 13.7. The molecule has 0 unspecified atom stereocenters. The van der Waals surface area contributed by atoms with Gasteiger partial charge in [0.1, 0.15) is 5.56 Å². The van der Waals surface area contributed by atoms with E-state index in [9.17, 15) is 10.3 Å². The summed E-state index contributed by atoms with van der Waals surface area (Å²) in [6.07, 6.45) is 0. The standard InChI is InChI=1S/C16H12BrN3O/c1-10-7-8-12-13(14(10)17)15(19-18)16(21)20(12)9-11-5-3-2-4-6-11/h2-8H,9H2,1H3. The Morgan fingerprint density at radius 3 is 2.57 bits per heavy atom. The van der Waals surface area contributed by atoms with Crippen LogP contribution in [0.5, 0.6) is 0 Å². The van der Waals surface area contributed by atoms with Crippen molar-refractivity contribution in [3.63, 3.8) is 0 Å². The summed E-state index contributed by atoms with van der Waals surface area (Å²) in [6, 6.07) is 13.5. The van der Waals surface area contributed by atoms with E-state index in [1.54, 1.807) is 4.90 Å². The number of benzene rings is 2. The van der Waals surface area contributed by atoms with Gasteiger partial charge in [0.25, 0.3) is 0 Å². The number of anilines is 1. The second-order valence-corrected chi connectivity index (χ2v) is 5.71. The summed E-state index contributed by atoms with van der Waals surface area (Å²) in [6.45, 7) is 2.38. The van der Waals surface area contributed by atoms with Crippen molar-refractivity contribution in [1.29, 1.82) is 0 Å². The maximum atomic E-state index is 12.5. The minimum Gasteiger partial charge on any atom is -0.361 e. The molecule has 0 fully saturated rings. The molecule has 0 atom stereocenters. The zero-order valence-corrected chi connectivity index (χ0v) is 13.0. The molecule has 0 radical (unpaired) electrons. The molecule has 1 aliphatic heterocycles. The summed E-state index contributed by atoms with van der Waals surface area (Å²) in [4.78, 5) is 17.3. The molecule has 0 N–H and O–H groups in total. The molecule has 0 spiro atoms. The van der Waals surface area contributed by atoms with Gasteiger partial charge in [-0.25, -0.2) is 0 Å². The molecule has 104 valence electrons. The number of nitrogens with zero attached hydrogens (tertiary/aromatic N) is 3. The van der Waals surface area contributed by atoms with Crippen LogP contribution in [0.15, 0.2) is 46.9 Å². The van der Waals surface area contributed by atoms with Crippen LogP contribution in [0.25, 0.3) is 5.53 Å². The Bertz CT molecular complexity index is 780. The topological polar surface area (TPSA) is 56.7 Å². The van der Waals surface area contributed by atoms with E-state index in [1.807, 2.05) is 49.4 Å². The molecular formula is C16H12BrN3O. The zero-order chi connectivity index (χ0) is 15.0. The Hall–Kier alpha value is -2.23. The molecule has 0 aromatic heterocycles. The molecule has 3 rings (SSSR count). The fourth-order valence-electron chi connectivity index (χ4n) is 2.48. The van der Waals surface area contributed by atoms with Crippen LogP contribution < -0.4 is 4.90 Å². The van der Waals surface area contributed by atoms with E-state index >= 15 is 0 Å². The Morgan fingerprint density at radius 1 is 1.19 bits per heavy atom. The number of rotatable bonds is 2. The van der Waals surface area contributed by atoms with Crippen molar-refractivity contribution >= 4 is 33.2 Å². The highest BCUT2D eigenvalue weighted by Crippen LogP contribution is 2.36. The molecule has 21 heavy (non-hydrogen) atoms. The van der Waals surface area contributed by atoms with Crippen LogP contribution >= 0.6 is 15.9 Å². The second-order valence-electron chi connectivity index (χ2n) is 4.92. The van der Waals surface area contributed by atoms with Gasteiger partial charge in [-0.05, 0) is 40.0 Å². The molecule has 1 amide bonds. The number of carbonyl (C=O) groups excluding carboxylic acids is 1. The Kier molecular flexibility index (Phi) is 3.45. The summed E-state index contributed by atoms with van der Waals surface area (Å²) in [7, 11) is 0. The van der Waals surface area contributed by atoms with Crippen molar-refractivity contribution in [2.24, 2.45) is 0 Å². The van der Waals surface area contributed by atoms with Gasteiger partial charge in [0, 0.05) is 4.47 Å². The highest BCUT2D eigenvalue weighted by atomic mass is 79.9. The predicted octanol–water partition coefficient (Wildman–Crippen LogP) is 3.32. The maximum absolute atomic E-state index is 12.5. The lowest BCUT2D eigenvalue weighted by molar-refractivity contribution is -0.116. The van der Waals surface area contributed by atoms with Crippen LogP contribution in [0.3, 0.4) is 0 Å². The van der Waals surface area contributed by atoms with Gasteiger partial charge >= 0.3 is 11.6 Å². The van der Waals surface area contributed by atoms with E-state index < -0.39 is 0 Å². The number of halogens is 1. The predicted molar refractivity (Wildman–Crippen MR) is 84.2 cm³/mol. The van der Waals surface area contributed by atoms with Crippen molar-refractivity contribution in [3.05, 3.63) is 69.2 Å². The van der Waals surface area contributed by atoms with Gasteiger partial charge in [-0.1, -0.05) is 36.4 Å². The first-order chi connectivity index (χ1) is 10.1. The summed E-state index contributed by atoms with van der Waals surface area (Å²) >= 11 is 3.48. The lowest BCUT2D eigenvalue weighted by atomic mass is 10.1. The average Bonchev–Trinajstić information content (AvgIpc) is 2.77. The van der Waals surface area contributed by atoms with E-state index in [4.69, 9.17) is 0 Å². The third-order valence-corrected chi connectivity index (χ3v) is 4.59. The van der Waals surface area contributed by atoms with Crippen molar-refractivity contribution in [2.45, 2.75) is 13.5 Å². The van der Waals surface area contributed by atoms with Crippen molar-refractivity contribution in [3.8, 4) is 0 Å². The largest absolute Gasteiger partial charge is 0.390 e. The number of aryl methyl sites for hydroxylation is 1. The first-order valence-electron chi connectivity index (χ1n) is 6.51. The number of hydrogen-bond donors (Lipinski definition) is 0. The SMILES string of the molecule is Cc1ccc2c(c1Br)C(=[N+]=[N-])C(=O)N2Cc1ccccc1. The Balaban J connectivity index is 2.11. The van der Waals surface area contributed by atoms with Crippen LogP contribution in [0.2, 0.25) is 0 Å². The smallest absolute Gasteiger partial charge is 0.361 e. The van der Waals surface area contributed by atoms with Crippen molar-refractivity contribution in [1.82, 2.24) is 0 Å². The number of carbonyl (C=O) groups is 1. The zero-order valence-electron chi connectivity index (χ0n) is 11.4. The van der Waals surface area contributed by atoms with Crippen LogP contribution in [-0.2, 0) is 11.3 Å². The summed E-state index contributed by atoms with van der Waals surface area (Å²) in [5, 5.41) is 0. The van der Waals surface area contributed by atoms with Gasteiger partial charge < -0.3 is 5.53 Å². The van der Waals surface area contributed by atoms with Gasteiger partial charge in [-0.2, -0.15) is 4.79 Å². The molecule has 0 bridgehead atoms. The minimum atomic E-state index is -0.289. The Morgan fingerprint density at radius 2 is 1.90 bits per heavy atom. The fraction of sp³-hybridized carbons (Fsp3) is 0.125. The highest BCUT2D eigenvalue weighted by molar-refractivity contribution is 9.10. The molecule has 1 aliphatic rings. The maximum Gasteiger partial charge on any atom is 0.390 e. The van der Waals surface area contributed by atoms with Crippen LogP contribution in [0.4, 0.5) is 5.69 Å². The first-order valence-corrected chi connectivity index (χ1v) is 7.30. The Labute approximate surface area is 130 Å². The molecule has 0 aliphatic carbocycles. The molecule has 1 heterocycles. The van der Waals surface area contributed by atoms with Gasteiger partial charge in [-0.3, -0.25) is 9.69 Å². The van der Waals surface area contributed by atoms with Gasteiger partial charge in [0.2, 0.25) is 0 Å². The lowest BCUT2D eigenvalue weighted by Gasteiger charge is -2.16.